The molecular weight excluding hydrogens is 657 g/mol. The van der Waals surface area contributed by atoms with Gasteiger partial charge in [-0.25, -0.2) is 9.97 Å². The molecule has 4 nitrogen and oxygen atoms in total. The molecule has 11 rings (SSSR count). The van der Waals surface area contributed by atoms with Crippen LogP contribution in [-0.2, 0) is 0 Å². The first-order valence-electron chi connectivity index (χ1n) is 18.3. The Morgan fingerprint density at radius 2 is 0.815 bits per heavy atom. The van der Waals surface area contributed by atoms with Crippen molar-refractivity contribution in [1.29, 1.82) is 0 Å². The molecule has 0 aliphatic rings. The van der Waals surface area contributed by atoms with E-state index in [2.05, 4.69) is 185 Å². The quantitative estimate of drug-likeness (QED) is 0.180. The van der Waals surface area contributed by atoms with Crippen molar-refractivity contribution in [2.75, 3.05) is 0 Å². The second kappa shape index (κ2) is 12.1. The molecule has 0 saturated carbocycles. The zero-order valence-corrected chi connectivity index (χ0v) is 29.3. The largest absolute Gasteiger partial charge is 0.309 e. The lowest BCUT2D eigenvalue weighted by molar-refractivity contribution is 1.17. The summed E-state index contributed by atoms with van der Waals surface area (Å²) >= 11 is 0. The fraction of sp³-hybridized carbons (Fsp3) is 0. The van der Waals surface area contributed by atoms with E-state index in [9.17, 15) is 0 Å². The van der Waals surface area contributed by atoms with E-state index < -0.39 is 0 Å². The molecule has 3 aromatic heterocycles. The summed E-state index contributed by atoms with van der Waals surface area (Å²) in [7, 11) is 0. The molecule has 0 bridgehead atoms. The molecule has 11 aromatic rings. The molecular formula is C50H32N4. The van der Waals surface area contributed by atoms with Gasteiger partial charge in [0, 0.05) is 49.4 Å². The van der Waals surface area contributed by atoms with Crippen molar-refractivity contribution in [3.63, 3.8) is 0 Å². The van der Waals surface area contributed by atoms with E-state index in [0.717, 1.165) is 39.1 Å². The summed E-state index contributed by atoms with van der Waals surface area (Å²) < 4.78 is 4.75. The van der Waals surface area contributed by atoms with Crippen LogP contribution in [0.4, 0.5) is 0 Å². The maximum atomic E-state index is 5.12. The summed E-state index contributed by atoms with van der Waals surface area (Å²) in [6, 6.07) is 69.1. The third-order valence-electron chi connectivity index (χ3n) is 10.7. The van der Waals surface area contributed by atoms with Crippen LogP contribution in [0, 0.1) is 0 Å². The second-order valence-corrected chi connectivity index (χ2v) is 13.8. The van der Waals surface area contributed by atoms with Gasteiger partial charge in [-0.15, -0.1) is 0 Å². The Bertz CT molecular complexity index is 3190. The zero-order valence-electron chi connectivity index (χ0n) is 29.3. The smallest absolute Gasteiger partial charge is 0.160 e. The fourth-order valence-corrected chi connectivity index (χ4v) is 8.22. The molecule has 252 valence electrons. The van der Waals surface area contributed by atoms with Crippen molar-refractivity contribution in [2.24, 2.45) is 0 Å². The van der Waals surface area contributed by atoms with Gasteiger partial charge in [-0.2, -0.15) is 0 Å². The second-order valence-electron chi connectivity index (χ2n) is 13.8. The normalized spacial score (nSPS) is 11.7. The van der Waals surface area contributed by atoms with E-state index in [-0.39, 0.29) is 0 Å². The molecule has 0 unspecified atom stereocenters. The highest BCUT2D eigenvalue weighted by molar-refractivity contribution is 6.12. The third kappa shape index (κ3) is 4.78. The number of aromatic nitrogens is 4. The molecule has 3 heterocycles. The van der Waals surface area contributed by atoms with Crippen LogP contribution < -0.4 is 0 Å². The lowest BCUT2D eigenvalue weighted by Gasteiger charge is -2.12. The van der Waals surface area contributed by atoms with Gasteiger partial charge in [0.25, 0.3) is 0 Å². The van der Waals surface area contributed by atoms with Gasteiger partial charge in [-0.1, -0.05) is 121 Å². The summed E-state index contributed by atoms with van der Waals surface area (Å²) in [5, 5.41) is 6.00. The summed E-state index contributed by atoms with van der Waals surface area (Å²) in [6.07, 6.45) is 0. The molecule has 0 amide bonds. The van der Waals surface area contributed by atoms with Crippen LogP contribution in [0.2, 0.25) is 0 Å². The highest BCUT2D eigenvalue weighted by Crippen LogP contribution is 2.38. The maximum absolute atomic E-state index is 5.12. The SMILES string of the molecule is c1ccc(-c2nc(-c3ccc(-n4c5ccccc5c5ccc(-c6ccc7c(c6)c6ccccc6n7-c6ccccc6)cc54)cc3)nc3ccccc23)cc1. The van der Waals surface area contributed by atoms with Crippen molar-refractivity contribution in [1.82, 2.24) is 19.1 Å². The average molecular weight is 689 g/mol. The first kappa shape index (κ1) is 30.3. The fourth-order valence-electron chi connectivity index (χ4n) is 8.22. The van der Waals surface area contributed by atoms with E-state index in [4.69, 9.17) is 9.97 Å². The zero-order chi connectivity index (χ0) is 35.6. The molecule has 0 spiro atoms. The molecule has 0 fully saturated rings. The van der Waals surface area contributed by atoms with Gasteiger partial charge in [0.05, 0.1) is 33.3 Å². The number of hydrogen-bond donors (Lipinski definition) is 0. The highest BCUT2D eigenvalue weighted by Gasteiger charge is 2.17. The van der Waals surface area contributed by atoms with Crippen molar-refractivity contribution < 1.29 is 0 Å². The topological polar surface area (TPSA) is 35.6 Å². The van der Waals surface area contributed by atoms with E-state index in [1.165, 1.54) is 54.7 Å². The van der Waals surface area contributed by atoms with Crippen molar-refractivity contribution in [2.45, 2.75) is 0 Å². The predicted octanol–water partition coefficient (Wildman–Crippen LogP) is 12.8. The lowest BCUT2D eigenvalue weighted by Crippen LogP contribution is -1.97. The lowest BCUT2D eigenvalue weighted by atomic mass is 10.0. The molecule has 4 heteroatoms. The van der Waals surface area contributed by atoms with Crippen LogP contribution in [0.3, 0.4) is 0 Å². The number of hydrogen-bond acceptors (Lipinski definition) is 2. The summed E-state index contributed by atoms with van der Waals surface area (Å²) in [4.78, 5) is 10.1. The first-order valence-corrected chi connectivity index (χ1v) is 18.3. The minimum atomic E-state index is 0.715. The summed E-state index contributed by atoms with van der Waals surface area (Å²) in [5.74, 6) is 0.715. The van der Waals surface area contributed by atoms with Crippen LogP contribution in [0.15, 0.2) is 194 Å². The molecule has 0 aliphatic carbocycles. The Morgan fingerprint density at radius 1 is 0.296 bits per heavy atom. The van der Waals surface area contributed by atoms with Crippen LogP contribution in [0.5, 0.6) is 0 Å². The van der Waals surface area contributed by atoms with Crippen molar-refractivity contribution >= 4 is 54.5 Å². The van der Waals surface area contributed by atoms with E-state index in [1.54, 1.807) is 0 Å². The molecule has 0 aliphatic heterocycles. The van der Waals surface area contributed by atoms with Gasteiger partial charge >= 0.3 is 0 Å². The Balaban J connectivity index is 1.04. The predicted molar refractivity (Wildman–Crippen MR) is 225 cm³/mol. The summed E-state index contributed by atoms with van der Waals surface area (Å²) in [5.41, 5.74) is 13.3. The van der Waals surface area contributed by atoms with Gasteiger partial charge in [-0.05, 0) is 83.9 Å². The van der Waals surface area contributed by atoms with Crippen LogP contribution in [0.1, 0.15) is 0 Å². The molecule has 0 saturated heterocycles. The highest BCUT2D eigenvalue weighted by atomic mass is 15.0. The Hall–Kier alpha value is -7.30. The first-order chi connectivity index (χ1) is 26.8. The van der Waals surface area contributed by atoms with Crippen LogP contribution in [-0.4, -0.2) is 19.1 Å². The Kier molecular flexibility index (Phi) is 6.82. The number of para-hydroxylation sites is 4. The Labute approximate surface area is 311 Å². The monoisotopic (exact) mass is 688 g/mol. The average Bonchev–Trinajstić information content (AvgIpc) is 3.76. The van der Waals surface area contributed by atoms with Gasteiger partial charge in [0.1, 0.15) is 0 Å². The van der Waals surface area contributed by atoms with Gasteiger partial charge in [-0.3, -0.25) is 0 Å². The van der Waals surface area contributed by atoms with E-state index >= 15 is 0 Å². The molecule has 0 radical (unpaired) electrons. The molecule has 8 aromatic carbocycles. The molecule has 0 atom stereocenters. The summed E-state index contributed by atoms with van der Waals surface area (Å²) in [6.45, 7) is 0. The van der Waals surface area contributed by atoms with Crippen molar-refractivity contribution in [3.8, 4) is 45.1 Å². The number of nitrogens with zero attached hydrogens (tertiary/aromatic N) is 4. The van der Waals surface area contributed by atoms with E-state index in [1.807, 2.05) is 18.2 Å². The van der Waals surface area contributed by atoms with Gasteiger partial charge in [0.2, 0.25) is 0 Å². The van der Waals surface area contributed by atoms with Crippen LogP contribution >= 0.6 is 0 Å². The number of benzene rings is 8. The minimum Gasteiger partial charge on any atom is -0.309 e. The Morgan fingerprint density at radius 3 is 1.57 bits per heavy atom. The van der Waals surface area contributed by atoms with Gasteiger partial charge in [0.15, 0.2) is 5.82 Å². The van der Waals surface area contributed by atoms with Crippen LogP contribution in [0.25, 0.3) is 99.7 Å². The molecule has 0 N–H and O–H groups in total. The number of fused-ring (bicyclic) bond motifs is 7. The maximum Gasteiger partial charge on any atom is 0.160 e. The van der Waals surface area contributed by atoms with Gasteiger partial charge < -0.3 is 9.13 Å². The van der Waals surface area contributed by atoms with E-state index in [0.29, 0.717) is 5.82 Å². The standard InChI is InChI=1S/C50H32N4/c1-3-13-33(14-4-1)49-42-19-7-10-20-44(42)51-50(52-49)34-23-27-38(28-24-34)54-45-21-11-8-17-39(45)41-29-25-36(32-48(41)54)35-26-30-47-43(31-35)40-18-9-12-22-46(40)53(47)37-15-5-2-6-16-37/h1-32H. The number of rotatable bonds is 5. The minimum absolute atomic E-state index is 0.715. The van der Waals surface area contributed by atoms with Crippen molar-refractivity contribution in [3.05, 3.63) is 194 Å². The third-order valence-corrected chi connectivity index (χ3v) is 10.7. The molecule has 54 heavy (non-hydrogen) atoms.